The Hall–Kier alpha value is -2.56. The number of benzene rings is 2. The van der Waals surface area contributed by atoms with Gasteiger partial charge in [0.25, 0.3) is 0 Å². The van der Waals surface area contributed by atoms with Crippen molar-refractivity contribution in [1.29, 1.82) is 0 Å². The van der Waals surface area contributed by atoms with Crippen LogP contribution in [0.2, 0.25) is 0 Å². The van der Waals surface area contributed by atoms with Gasteiger partial charge < -0.3 is 14.2 Å². The van der Waals surface area contributed by atoms with E-state index in [1.807, 2.05) is 30.4 Å². The predicted octanol–water partition coefficient (Wildman–Crippen LogP) is 5.38. The van der Waals surface area contributed by atoms with Gasteiger partial charge in [-0.25, -0.2) is 0 Å². The highest BCUT2D eigenvalue weighted by Gasteiger charge is 2.51. The quantitative estimate of drug-likeness (QED) is 0.501. The zero-order chi connectivity index (χ0) is 20.4. The molecule has 0 saturated carbocycles. The normalized spacial score (nSPS) is 18.0. The zero-order valence-corrected chi connectivity index (χ0v) is 17.2. The molecule has 144 valence electrons. The Bertz CT molecular complexity index is 853. The summed E-state index contributed by atoms with van der Waals surface area (Å²) < 4.78 is 12.3. The summed E-state index contributed by atoms with van der Waals surface area (Å²) in [7, 11) is -0.369. The maximum atomic E-state index is 6.17. The van der Waals surface area contributed by atoms with Crippen LogP contribution in [0.4, 0.5) is 11.4 Å². The Balaban J connectivity index is 1.94. The van der Waals surface area contributed by atoms with Crippen molar-refractivity contribution in [3.05, 3.63) is 91.7 Å². The highest BCUT2D eigenvalue weighted by atomic mass is 16.7. The molecule has 2 aromatic carbocycles. The summed E-state index contributed by atoms with van der Waals surface area (Å²) in [5, 5.41) is 0. The van der Waals surface area contributed by atoms with Crippen LogP contribution in [0.5, 0.6) is 0 Å². The van der Waals surface area contributed by atoms with Crippen molar-refractivity contribution in [3.8, 4) is 0 Å². The third-order valence-electron chi connectivity index (χ3n) is 5.45. The van der Waals surface area contributed by atoms with Crippen LogP contribution in [0.1, 0.15) is 27.7 Å². The molecule has 0 atom stereocenters. The van der Waals surface area contributed by atoms with Gasteiger partial charge in [0.1, 0.15) is 0 Å². The van der Waals surface area contributed by atoms with Crippen LogP contribution in [-0.2, 0) is 9.31 Å². The topological polar surface area (TPSA) is 21.7 Å². The van der Waals surface area contributed by atoms with E-state index < -0.39 is 0 Å². The molecule has 3 rings (SSSR count). The van der Waals surface area contributed by atoms with E-state index in [1.165, 1.54) is 0 Å². The van der Waals surface area contributed by atoms with Crippen LogP contribution in [0.25, 0.3) is 0 Å². The molecule has 1 heterocycles. The monoisotopic (exact) mass is 373 g/mol. The SMILES string of the molecule is C=C/C=C(\C=C)N(c1ccccc1)c1ccc(B2OC(C)(C)C(C)(C)O2)cc1. The van der Waals surface area contributed by atoms with Gasteiger partial charge in [-0.1, -0.05) is 49.6 Å². The van der Waals surface area contributed by atoms with E-state index in [0.717, 1.165) is 22.5 Å². The molecule has 0 spiro atoms. The summed E-state index contributed by atoms with van der Waals surface area (Å²) in [6.45, 7) is 16.1. The second-order valence-corrected chi connectivity index (χ2v) is 7.88. The number of nitrogens with zero attached hydrogens (tertiary/aromatic N) is 1. The highest BCUT2D eigenvalue weighted by Crippen LogP contribution is 2.37. The summed E-state index contributed by atoms with van der Waals surface area (Å²) in [6.07, 6.45) is 5.55. The lowest BCUT2D eigenvalue weighted by molar-refractivity contribution is 0.00578. The van der Waals surface area contributed by atoms with Crippen molar-refractivity contribution in [1.82, 2.24) is 0 Å². The van der Waals surface area contributed by atoms with Gasteiger partial charge in [0.2, 0.25) is 0 Å². The molecule has 2 aromatic rings. The molecule has 0 unspecified atom stereocenters. The lowest BCUT2D eigenvalue weighted by Gasteiger charge is -2.32. The lowest BCUT2D eigenvalue weighted by atomic mass is 9.79. The van der Waals surface area contributed by atoms with E-state index >= 15 is 0 Å². The van der Waals surface area contributed by atoms with Crippen molar-refractivity contribution < 1.29 is 9.31 Å². The molecule has 0 aliphatic carbocycles. The molecule has 0 amide bonds. The van der Waals surface area contributed by atoms with Crippen LogP contribution in [-0.4, -0.2) is 18.3 Å². The molecule has 0 bridgehead atoms. The van der Waals surface area contributed by atoms with E-state index in [-0.39, 0.29) is 18.3 Å². The van der Waals surface area contributed by atoms with Crippen LogP contribution in [0.15, 0.2) is 91.7 Å². The molecule has 28 heavy (non-hydrogen) atoms. The Morgan fingerprint density at radius 3 is 1.89 bits per heavy atom. The van der Waals surface area contributed by atoms with Crippen molar-refractivity contribution in [3.63, 3.8) is 0 Å². The fraction of sp³-hybridized carbons (Fsp3) is 0.250. The molecular formula is C24H28BNO2. The van der Waals surface area contributed by atoms with Gasteiger partial charge >= 0.3 is 7.12 Å². The summed E-state index contributed by atoms with van der Waals surface area (Å²) in [5.41, 5.74) is 3.33. The molecule has 0 radical (unpaired) electrons. The molecular weight excluding hydrogens is 345 g/mol. The Morgan fingerprint density at radius 2 is 1.39 bits per heavy atom. The van der Waals surface area contributed by atoms with Gasteiger partial charge in [-0.2, -0.15) is 0 Å². The molecule has 1 aliphatic heterocycles. The van der Waals surface area contributed by atoms with Crippen molar-refractivity contribution >= 4 is 24.0 Å². The minimum Gasteiger partial charge on any atom is -0.399 e. The molecule has 3 nitrogen and oxygen atoms in total. The first-order valence-corrected chi connectivity index (χ1v) is 9.55. The first-order chi connectivity index (χ1) is 13.3. The average molecular weight is 373 g/mol. The minimum atomic E-state index is -0.369. The molecule has 4 heteroatoms. The number of para-hydroxylation sites is 1. The third kappa shape index (κ3) is 3.84. The summed E-state index contributed by atoms with van der Waals surface area (Å²) in [4.78, 5) is 2.14. The van der Waals surface area contributed by atoms with Gasteiger partial charge in [-0.3, -0.25) is 0 Å². The number of allylic oxidation sites excluding steroid dienone is 3. The molecule has 0 aromatic heterocycles. The van der Waals surface area contributed by atoms with Gasteiger partial charge in [0.05, 0.1) is 11.2 Å². The standard InChI is InChI=1S/C24H28BNO2/c1-7-12-20(8-2)26(21-13-10-9-11-14-21)22-17-15-19(16-18-22)25-27-23(3,4)24(5,6)28-25/h7-18H,1-2H2,3-6H3/b20-12+. The average Bonchev–Trinajstić information content (AvgIpc) is 2.90. The van der Waals surface area contributed by atoms with Crippen molar-refractivity contribution in [2.45, 2.75) is 38.9 Å². The van der Waals surface area contributed by atoms with E-state index in [4.69, 9.17) is 9.31 Å². The van der Waals surface area contributed by atoms with E-state index in [9.17, 15) is 0 Å². The minimum absolute atomic E-state index is 0.352. The Kier molecular flexibility index (Phi) is 5.64. The maximum Gasteiger partial charge on any atom is 0.494 e. The van der Waals surface area contributed by atoms with E-state index in [1.54, 1.807) is 6.08 Å². The molecule has 1 saturated heterocycles. The second kappa shape index (κ2) is 7.82. The number of hydrogen-bond acceptors (Lipinski definition) is 3. The predicted molar refractivity (Wildman–Crippen MR) is 119 cm³/mol. The van der Waals surface area contributed by atoms with Crippen LogP contribution in [0.3, 0.4) is 0 Å². The Labute approximate surface area is 169 Å². The Morgan fingerprint density at radius 1 is 0.857 bits per heavy atom. The third-order valence-corrected chi connectivity index (χ3v) is 5.45. The summed E-state index contributed by atoms with van der Waals surface area (Å²) in [6, 6.07) is 18.5. The van der Waals surface area contributed by atoms with Gasteiger partial charge in [0.15, 0.2) is 0 Å². The van der Waals surface area contributed by atoms with Gasteiger partial charge in [-0.05, 0) is 69.6 Å². The molecule has 1 fully saturated rings. The largest absolute Gasteiger partial charge is 0.494 e. The summed E-state index contributed by atoms with van der Waals surface area (Å²) >= 11 is 0. The first kappa shape index (κ1) is 20.2. The van der Waals surface area contributed by atoms with Crippen LogP contribution < -0.4 is 10.4 Å². The number of hydrogen-bond donors (Lipinski definition) is 0. The molecule has 1 aliphatic rings. The lowest BCUT2D eigenvalue weighted by Crippen LogP contribution is -2.41. The number of rotatable bonds is 6. The second-order valence-electron chi connectivity index (χ2n) is 7.88. The first-order valence-electron chi connectivity index (χ1n) is 9.55. The number of anilines is 2. The van der Waals surface area contributed by atoms with Crippen LogP contribution >= 0.6 is 0 Å². The smallest absolute Gasteiger partial charge is 0.399 e. The zero-order valence-electron chi connectivity index (χ0n) is 17.2. The van der Waals surface area contributed by atoms with E-state index in [2.05, 4.69) is 82.2 Å². The highest BCUT2D eigenvalue weighted by molar-refractivity contribution is 6.62. The van der Waals surface area contributed by atoms with Crippen LogP contribution in [0, 0.1) is 0 Å². The van der Waals surface area contributed by atoms with Crippen molar-refractivity contribution in [2.24, 2.45) is 0 Å². The summed E-state index contributed by atoms with van der Waals surface area (Å²) in [5.74, 6) is 0. The van der Waals surface area contributed by atoms with Gasteiger partial charge in [-0.15, -0.1) is 0 Å². The van der Waals surface area contributed by atoms with Crippen molar-refractivity contribution in [2.75, 3.05) is 4.90 Å². The fourth-order valence-corrected chi connectivity index (χ4v) is 3.14. The molecule has 0 N–H and O–H groups in total. The van der Waals surface area contributed by atoms with E-state index in [0.29, 0.717) is 0 Å². The fourth-order valence-electron chi connectivity index (χ4n) is 3.14. The maximum absolute atomic E-state index is 6.17. The van der Waals surface area contributed by atoms with Gasteiger partial charge in [0, 0.05) is 17.1 Å².